The molecule has 0 spiro atoms. The van der Waals surface area contributed by atoms with Crippen molar-refractivity contribution in [1.29, 1.82) is 5.26 Å². The second-order valence-electron chi connectivity index (χ2n) is 7.02. The number of methoxy groups -OCH3 is 1. The number of allylic oxidation sites excluding steroid dienone is 2. The predicted molar refractivity (Wildman–Crippen MR) is 132 cm³/mol. The van der Waals surface area contributed by atoms with E-state index in [1.807, 2.05) is 60.0 Å². The van der Waals surface area contributed by atoms with Gasteiger partial charge in [0, 0.05) is 6.54 Å². The van der Waals surface area contributed by atoms with Crippen LogP contribution in [-0.4, -0.2) is 37.2 Å². The molecule has 0 fully saturated rings. The Hall–Kier alpha value is -3.61. The first kappa shape index (κ1) is 22.6. The van der Waals surface area contributed by atoms with Crippen LogP contribution in [0, 0.1) is 11.3 Å². The SMILES string of the molecule is C=CCn1c(SC(C)/C(O)=C(\C#N)c2nc3ccccc3s2)nnc1-c1ccccc1OC. The average molecular weight is 476 g/mol. The van der Waals surface area contributed by atoms with Crippen LogP contribution in [0.2, 0.25) is 0 Å². The number of ether oxygens (including phenoxy) is 1. The maximum Gasteiger partial charge on any atom is 0.192 e. The minimum absolute atomic E-state index is 0.0476. The summed E-state index contributed by atoms with van der Waals surface area (Å²) in [5.74, 6) is 1.27. The highest BCUT2D eigenvalue weighted by molar-refractivity contribution is 7.99. The number of hydrogen-bond acceptors (Lipinski definition) is 8. The van der Waals surface area contributed by atoms with Crippen LogP contribution < -0.4 is 4.74 Å². The molecule has 2 heterocycles. The minimum atomic E-state index is -0.454. The van der Waals surface area contributed by atoms with Crippen molar-refractivity contribution in [3.63, 3.8) is 0 Å². The maximum atomic E-state index is 10.9. The van der Waals surface area contributed by atoms with Gasteiger partial charge in [-0.05, 0) is 31.2 Å². The van der Waals surface area contributed by atoms with Gasteiger partial charge in [-0.3, -0.25) is 4.57 Å². The highest BCUT2D eigenvalue weighted by Gasteiger charge is 2.23. The van der Waals surface area contributed by atoms with Crippen LogP contribution in [0.1, 0.15) is 11.9 Å². The summed E-state index contributed by atoms with van der Waals surface area (Å²) in [6.07, 6.45) is 1.76. The van der Waals surface area contributed by atoms with Crippen LogP contribution in [0.3, 0.4) is 0 Å². The van der Waals surface area contributed by atoms with Crippen LogP contribution in [-0.2, 0) is 6.54 Å². The molecule has 4 rings (SSSR count). The molecule has 2 aromatic heterocycles. The van der Waals surface area contributed by atoms with Crippen molar-refractivity contribution in [3.05, 3.63) is 72.0 Å². The van der Waals surface area contributed by atoms with E-state index < -0.39 is 5.25 Å². The molecule has 1 atom stereocenters. The third-order valence-electron chi connectivity index (χ3n) is 4.92. The molecule has 7 nitrogen and oxygen atoms in total. The third-order valence-corrected chi connectivity index (χ3v) is 7.06. The van der Waals surface area contributed by atoms with Gasteiger partial charge in [-0.25, -0.2) is 4.98 Å². The molecule has 1 N–H and O–H groups in total. The lowest BCUT2D eigenvalue weighted by Crippen LogP contribution is -2.07. The van der Waals surface area contributed by atoms with Gasteiger partial charge >= 0.3 is 0 Å². The van der Waals surface area contributed by atoms with E-state index >= 15 is 0 Å². The van der Waals surface area contributed by atoms with Crippen LogP contribution >= 0.6 is 23.1 Å². The molecular formula is C24H21N5O2S2. The fourth-order valence-corrected chi connectivity index (χ4v) is 5.20. The number of benzene rings is 2. The normalized spacial score (nSPS) is 12.8. The fraction of sp³-hybridized carbons (Fsp3) is 0.167. The van der Waals surface area contributed by atoms with Crippen molar-refractivity contribution >= 4 is 38.9 Å². The van der Waals surface area contributed by atoms with E-state index in [-0.39, 0.29) is 11.3 Å². The van der Waals surface area contributed by atoms with E-state index in [2.05, 4.69) is 27.8 Å². The summed E-state index contributed by atoms with van der Waals surface area (Å²) in [4.78, 5) is 4.51. The summed E-state index contributed by atoms with van der Waals surface area (Å²) in [7, 11) is 1.61. The Labute approximate surface area is 199 Å². The first-order valence-electron chi connectivity index (χ1n) is 10.1. The number of nitrogens with zero attached hydrogens (tertiary/aromatic N) is 5. The molecule has 0 saturated carbocycles. The number of thiazole rings is 1. The van der Waals surface area contributed by atoms with E-state index in [1.165, 1.54) is 23.1 Å². The molecule has 2 aromatic carbocycles. The lowest BCUT2D eigenvalue weighted by molar-refractivity contribution is 0.402. The molecule has 0 aliphatic carbocycles. The molecule has 0 amide bonds. The van der Waals surface area contributed by atoms with E-state index in [1.54, 1.807) is 13.2 Å². The Morgan fingerprint density at radius 2 is 2.03 bits per heavy atom. The highest BCUT2D eigenvalue weighted by Crippen LogP contribution is 2.35. The summed E-state index contributed by atoms with van der Waals surface area (Å²) in [6, 6.07) is 17.3. The van der Waals surface area contributed by atoms with Crippen LogP contribution in [0.15, 0.2) is 72.1 Å². The summed E-state index contributed by atoms with van der Waals surface area (Å²) >= 11 is 2.69. The Morgan fingerprint density at radius 3 is 2.76 bits per heavy atom. The Balaban J connectivity index is 1.68. The molecule has 166 valence electrons. The number of para-hydroxylation sites is 2. The molecular weight excluding hydrogens is 454 g/mol. The van der Waals surface area contributed by atoms with Gasteiger partial charge in [0.2, 0.25) is 0 Å². The van der Waals surface area contributed by atoms with Crippen molar-refractivity contribution in [2.24, 2.45) is 0 Å². The minimum Gasteiger partial charge on any atom is -0.510 e. The molecule has 4 aromatic rings. The number of hydrogen-bond donors (Lipinski definition) is 1. The largest absolute Gasteiger partial charge is 0.510 e. The summed E-state index contributed by atoms with van der Waals surface area (Å²) < 4.78 is 8.34. The van der Waals surface area contributed by atoms with Crippen LogP contribution in [0.25, 0.3) is 27.2 Å². The first-order chi connectivity index (χ1) is 16.1. The van der Waals surface area contributed by atoms with Gasteiger partial charge in [0.1, 0.15) is 28.2 Å². The highest BCUT2D eigenvalue weighted by atomic mass is 32.2. The molecule has 0 bridgehead atoms. The number of thioether (sulfide) groups is 1. The number of aliphatic hydroxyl groups excluding tert-OH is 1. The lowest BCUT2D eigenvalue weighted by Gasteiger charge is -2.13. The van der Waals surface area contributed by atoms with Crippen molar-refractivity contribution in [1.82, 2.24) is 19.7 Å². The van der Waals surface area contributed by atoms with Crippen molar-refractivity contribution in [2.75, 3.05) is 7.11 Å². The topological polar surface area (TPSA) is 96.9 Å². The Morgan fingerprint density at radius 1 is 1.27 bits per heavy atom. The molecule has 0 aliphatic heterocycles. The molecule has 33 heavy (non-hydrogen) atoms. The molecule has 0 saturated heterocycles. The van der Waals surface area contributed by atoms with Gasteiger partial charge in [-0.1, -0.05) is 42.1 Å². The second kappa shape index (κ2) is 9.90. The van der Waals surface area contributed by atoms with E-state index in [4.69, 9.17) is 4.74 Å². The van der Waals surface area contributed by atoms with E-state index in [9.17, 15) is 10.4 Å². The predicted octanol–water partition coefficient (Wildman–Crippen LogP) is 5.72. The monoisotopic (exact) mass is 475 g/mol. The Bertz CT molecular complexity index is 1350. The summed E-state index contributed by atoms with van der Waals surface area (Å²) in [6.45, 7) is 6.14. The molecule has 0 radical (unpaired) electrons. The standard InChI is InChI=1S/C24H21N5O2S2/c1-4-13-29-22(16-9-5-7-11-19(16)31-3)27-28-24(29)32-15(2)21(30)17(14-25)23-26-18-10-6-8-12-20(18)33-23/h4-12,15,30H,1,13H2,2-3H3/b21-17-. The summed E-state index contributed by atoms with van der Waals surface area (Å²) in [5.41, 5.74) is 1.77. The zero-order valence-corrected chi connectivity index (χ0v) is 19.7. The van der Waals surface area contributed by atoms with Gasteiger partial charge in [-0.2, -0.15) is 5.26 Å². The van der Waals surface area contributed by atoms with Gasteiger partial charge in [0.25, 0.3) is 0 Å². The van der Waals surface area contributed by atoms with Crippen molar-refractivity contribution < 1.29 is 9.84 Å². The van der Waals surface area contributed by atoms with Gasteiger partial charge < -0.3 is 9.84 Å². The van der Waals surface area contributed by atoms with Crippen molar-refractivity contribution in [2.45, 2.75) is 23.9 Å². The van der Waals surface area contributed by atoms with E-state index in [0.717, 1.165) is 15.8 Å². The van der Waals surface area contributed by atoms with E-state index in [0.29, 0.717) is 28.3 Å². The molecule has 9 heteroatoms. The van der Waals surface area contributed by atoms with Crippen LogP contribution in [0.4, 0.5) is 0 Å². The zero-order valence-electron chi connectivity index (χ0n) is 18.1. The smallest absolute Gasteiger partial charge is 0.192 e. The average Bonchev–Trinajstić information content (AvgIpc) is 3.43. The van der Waals surface area contributed by atoms with Crippen molar-refractivity contribution in [3.8, 4) is 23.2 Å². The number of fused-ring (bicyclic) bond motifs is 1. The lowest BCUT2D eigenvalue weighted by atomic mass is 10.2. The molecule has 0 aliphatic rings. The number of aliphatic hydroxyl groups is 1. The Kier molecular flexibility index (Phi) is 6.77. The van der Waals surface area contributed by atoms with Gasteiger partial charge in [0.15, 0.2) is 11.0 Å². The van der Waals surface area contributed by atoms with Gasteiger partial charge in [-0.15, -0.1) is 28.1 Å². The zero-order chi connectivity index (χ0) is 23.4. The number of aromatic nitrogens is 4. The number of rotatable bonds is 8. The first-order valence-corrected chi connectivity index (χ1v) is 11.8. The summed E-state index contributed by atoms with van der Waals surface area (Å²) in [5, 5.41) is 30.1. The second-order valence-corrected chi connectivity index (χ2v) is 9.36. The fourth-order valence-electron chi connectivity index (χ4n) is 3.31. The molecule has 1 unspecified atom stereocenters. The van der Waals surface area contributed by atoms with Gasteiger partial charge in [0.05, 0.1) is 28.1 Å². The third kappa shape index (κ3) is 4.49. The quantitative estimate of drug-likeness (QED) is 0.151. The number of nitriles is 1. The maximum absolute atomic E-state index is 10.9. The van der Waals surface area contributed by atoms with Crippen LogP contribution in [0.5, 0.6) is 5.75 Å².